The van der Waals surface area contributed by atoms with Crippen molar-refractivity contribution in [3.63, 3.8) is 0 Å². The highest BCUT2D eigenvalue weighted by Crippen LogP contribution is 2.36. The number of anilines is 1. The lowest BCUT2D eigenvalue weighted by Gasteiger charge is -2.23. The molecule has 2 rings (SSSR count). The van der Waals surface area contributed by atoms with Crippen LogP contribution >= 0.6 is 11.3 Å². The van der Waals surface area contributed by atoms with Crippen molar-refractivity contribution >= 4 is 32.2 Å². The van der Waals surface area contributed by atoms with E-state index in [1.807, 2.05) is 5.38 Å². The van der Waals surface area contributed by atoms with Crippen LogP contribution in [0.25, 0.3) is 0 Å². The quantitative estimate of drug-likeness (QED) is 0.891. The smallest absolute Gasteiger partial charge is 0.247 e. The van der Waals surface area contributed by atoms with E-state index in [0.717, 1.165) is 12.1 Å². The zero-order chi connectivity index (χ0) is 16.8. The largest absolute Gasteiger partial charge is 0.301 e. The Labute approximate surface area is 136 Å². The summed E-state index contributed by atoms with van der Waals surface area (Å²) in [5.74, 6) is -0.504. The van der Waals surface area contributed by atoms with Gasteiger partial charge in [0.05, 0.1) is 10.9 Å². The standard InChI is InChI=1S/C15H24N2O3S2/c1-14(2,3)8-10-9-21-13(16-10)17-12(18)15(4,5)22(19,20)11-6-7-11/h9,11H,6-8H2,1-5H3,(H,16,17,18). The first-order valence-corrected chi connectivity index (χ1v) is 9.85. The van der Waals surface area contributed by atoms with Gasteiger partial charge in [-0.3, -0.25) is 4.79 Å². The zero-order valence-corrected chi connectivity index (χ0v) is 15.4. The molecule has 0 aromatic carbocycles. The molecule has 0 aliphatic heterocycles. The molecule has 1 saturated carbocycles. The van der Waals surface area contributed by atoms with Crippen LogP contribution in [-0.2, 0) is 21.1 Å². The number of amides is 1. The third kappa shape index (κ3) is 3.68. The summed E-state index contributed by atoms with van der Waals surface area (Å²) < 4.78 is 23.3. The number of nitrogens with zero attached hydrogens (tertiary/aromatic N) is 1. The maximum atomic E-state index is 12.4. The number of hydrogen-bond acceptors (Lipinski definition) is 5. The first-order valence-electron chi connectivity index (χ1n) is 7.43. The van der Waals surface area contributed by atoms with Crippen molar-refractivity contribution in [2.24, 2.45) is 5.41 Å². The number of rotatable bonds is 5. The van der Waals surface area contributed by atoms with Crippen LogP contribution in [0.3, 0.4) is 0 Å². The third-order valence-electron chi connectivity index (χ3n) is 3.70. The predicted octanol–water partition coefficient (Wildman–Crippen LogP) is 3.03. The minimum absolute atomic E-state index is 0.115. The molecule has 5 nitrogen and oxygen atoms in total. The molecule has 0 bridgehead atoms. The summed E-state index contributed by atoms with van der Waals surface area (Å²) in [6.07, 6.45) is 2.13. The fraction of sp³-hybridized carbons (Fsp3) is 0.733. The molecule has 1 heterocycles. The van der Waals surface area contributed by atoms with E-state index in [1.165, 1.54) is 25.2 Å². The maximum Gasteiger partial charge on any atom is 0.247 e. The lowest BCUT2D eigenvalue weighted by Crippen LogP contribution is -2.46. The van der Waals surface area contributed by atoms with Crippen LogP contribution in [0, 0.1) is 5.41 Å². The zero-order valence-electron chi connectivity index (χ0n) is 13.8. The van der Waals surface area contributed by atoms with Gasteiger partial charge < -0.3 is 5.32 Å². The lowest BCUT2D eigenvalue weighted by molar-refractivity contribution is -0.117. The van der Waals surface area contributed by atoms with E-state index in [4.69, 9.17) is 0 Å². The second-order valence-corrected chi connectivity index (χ2v) is 11.2. The van der Waals surface area contributed by atoms with Gasteiger partial charge >= 0.3 is 0 Å². The van der Waals surface area contributed by atoms with E-state index in [9.17, 15) is 13.2 Å². The monoisotopic (exact) mass is 344 g/mol. The summed E-state index contributed by atoms with van der Waals surface area (Å²) in [6.45, 7) is 9.31. The molecule has 7 heteroatoms. The molecule has 0 unspecified atom stereocenters. The molecule has 0 saturated heterocycles. The Bertz CT molecular complexity index is 665. The van der Waals surface area contributed by atoms with Crippen LogP contribution in [-0.4, -0.2) is 29.3 Å². The fourth-order valence-electron chi connectivity index (χ4n) is 2.16. The van der Waals surface area contributed by atoms with E-state index >= 15 is 0 Å². The van der Waals surface area contributed by atoms with E-state index in [0.29, 0.717) is 18.0 Å². The van der Waals surface area contributed by atoms with E-state index in [2.05, 4.69) is 31.1 Å². The van der Waals surface area contributed by atoms with E-state index in [-0.39, 0.29) is 10.7 Å². The number of carbonyl (C=O) groups excluding carboxylic acids is 1. The third-order valence-corrected chi connectivity index (χ3v) is 7.47. The lowest BCUT2D eigenvalue weighted by atomic mass is 9.91. The Balaban J connectivity index is 2.09. The number of hydrogen-bond donors (Lipinski definition) is 1. The molecule has 0 atom stereocenters. The molecule has 0 spiro atoms. The van der Waals surface area contributed by atoms with Crippen molar-refractivity contribution in [1.29, 1.82) is 0 Å². The van der Waals surface area contributed by atoms with Crippen molar-refractivity contribution < 1.29 is 13.2 Å². The van der Waals surface area contributed by atoms with Gasteiger partial charge in [0.15, 0.2) is 15.0 Å². The van der Waals surface area contributed by atoms with Crippen molar-refractivity contribution in [3.8, 4) is 0 Å². The number of carbonyl (C=O) groups is 1. The Kier molecular flexibility index (Phi) is 4.43. The highest BCUT2D eigenvalue weighted by Gasteiger charge is 2.50. The van der Waals surface area contributed by atoms with Gasteiger partial charge in [0.1, 0.15) is 4.75 Å². The molecule has 1 aromatic heterocycles. The van der Waals surface area contributed by atoms with Gasteiger partial charge in [-0.25, -0.2) is 13.4 Å². The number of nitrogens with one attached hydrogen (secondary N) is 1. The Morgan fingerprint density at radius 2 is 1.91 bits per heavy atom. The predicted molar refractivity (Wildman–Crippen MR) is 89.9 cm³/mol. The highest BCUT2D eigenvalue weighted by molar-refractivity contribution is 7.94. The van der Waals surface area contributed by atoms with Crippen molar-refractivity contribution in [3.05, 3.63) is 11.1 Å². The molecule has 1 aliphatic carbocycles. The summed E-state index contributed by atoms with van der Waals surface area (Å²) in [5, 5.41) is 4.67. The molecule has 1 N–H and O–H groups in total. The summed E-state index contributed by atoms with van der Waals surface area (Å²) in [4.78, 5) is 16.8. The molecule has 124 valence electrons. The maximum absolute atomic E-state index is 12.4. The van der Waals surface area contributed by atoms with E-state index in [1.54, 1.807) is 0 Å². The summed E-state index contributed by atoms with van der Waals surface area (Å²) in [7, 11) is -3.44. The van der Waals surface area contributed by atoms with Crippen LogP contribution in [0.1, 0.15) is 53.2 Å². The average Bonchev–Trinajstić information content (AvgIpc) is 3.12. The molecule has 1 aromatic rings. The SMILES string of the molecule is CC(C)(C)Cc1csc(NC(=O)C(C)(C)S(=O)(=O)C2CC2)n1. The van der Waals surface area contributed by atoms with Gasteiger partial charge in [-0.05, 0) is 38.5 Å². The molecule has 0 radical (unpaired) electrons. The molecular weight excluding hydrogens is 320 g/mol. The molecule has 22 heavy (non-hydrogen) atoms. The summed E-state index contributed by atoms with van der Waals surface area (Å²) in [5.41, 5.74) is 1.03. The van der Waals surface area contributed by atoms with Gasteiger partial charge in [0.25, 0.3) is 0 Å². The van der Waals surface area contributed by atoms with Crippen LogP contribution in [0.5, 0.6) is 0 Å². The first-order chi connectivity index (χ1) is 9.93. The molecule has 1 fully saturated rings. The van der Waals surface area contributed by atoms with Crippen LogP contribution < -0.4 is 5.32 Å². The van der Waals surface area contributed by atoms with Crippen LogP contribution in [0.4, 0.5) is 5.13 Å². The molecule has 1 amide bonds. The minimum Gasteiger partial charge on any atom is -0.301 e. The van der Waals surface area contributed by atoms with Gasteiger partial charge in [-0.2, -0.15) is 0 Å². The van der Waals surface area contributed by atoms with Crippen molar-refractivity contribution in [2.75, 3.05) is 5.32 Å². The summed E-state index contributed by atoms with van der Waals surface area (Å²) >= 11 is 1.33. The van der Waals surface area contributed by atoms with Crippen LogP contribution in [0.15, 0.2) is 5.38 Å². The van der Waals surface area contributed by atoms with Gasteiger partial charge in [-0.15, -0.1) is 11.3 Å². The average molecular weight is 345 g/mol. The highest BCUT2D eigenvalue weighted by atomic mass is 32.2. The second kappa shape index (κ2) is 5.60. The normalized spacial score (nSPS) is 16.6. The minimum atomic E-state index is -3.44. The number of sulfone groups is 1. The second-order valence-electron chi connectivity index (χ2n) is 7.59. The first kappa shape index (κ1) is 17.4. The Morgan fingerprint density at radius 3 is 2.41 bits per heavy atom. The van der Waals surface area contributed by atoms with E-state index < -0.39 is 20.5 Å². The van der Waals surface area contributed by atoms with Gasteiger partial charge in [0, 0.05) is 5.38 Å². The summed E-state index contributed by atoms with van der Waals surface area (Å²) in [6, 6.07) is 0. The number of aromatic nitrogens is 1. The van der Waals surface area contributed by atoms with Crippen molar-refractivity contribution in [2.45, 2.75) is 63.9 Å². The van der Waals surface area contributed by atoms with Gasteiger partial charge in [-0.1, -0.05) is 20.8 Å². The van der Waals surface area contributed by atoms with Crippen molar-refractivity contribution in [1.82, 2.24) is 4.98 Å². The van der Waals surface area contributed by atoms with Crippen LogP contribution in [0.2, 0.25) is 0 Å². The molecular formula is C15H24N2O3S2. The Morgan fingerprint density at radius 1 is 1.32 bits per heavy atom. The number of thiazole rings is 1. The topological polar surface area (TPSA) is 76.1 Å². The van der Waals surface area contributed by atoms with Gasteiger partial charge in [0.2, 0.25) is 5.91 Å². The molecule has 1 aliphatic rings. The Hall–Kier alpha value is -0.950. The fourth-order valence-corrected chi connectivity index (χ4v) is 4.77.